The fraction of sp³-hybridized carbons (Fsp3) is 0.375. The topological polar surface area (TPSA) is 51.1 Å². The average molecular weight is 306 g/mol. The van der Waals surface area contributed by atoms with Crippen LogP contribution in [0.1, 0.15) is 19.0 Å². The SMILES string of the molecule is C[C@@H](CCc1cccn1C)Nc1ccccc1S(C)(=O)=O. The number of benzene rings is 1. The predicted molar refractivity (Wildman–Crippen MR) is 86.4 cm³/mol. The molecule has 1 atom stereocenters. The van der Waals surface area contributed by atoms with Gasteiger partial charge in [-0.3, -0.25) is 0 Å². The van der Waals surface area contributed by atoms with Gasteiger partial charge in [0.2, 0.25) is 0 Å². The Balaban J connectivity index is 2.03. The lowest BCUT2D eigenvalue weighted by Crippen LogP contribution is -2.18. The molecule has 21 heavy (non-hydrogen) atoms. The van der Waals surface area contributed by atoms with Crippen molar-refractivity contribution in [3.05, 3.63) is 48.3 Å². The molecular weight excluding hydrogens is 284 g/mol. The average Bonchev–Trinajstić information content (AvgIpc) is 2.81. The number of hydrogen-bond acceptors (Lipinski definition) is 3. The number of nitrogens with one attached hydrogen (secondary N) is 1. The summed E-state index contributed by atoms with van der Waals surface area (Å²) in [6.07, 6.45) is 5.17. The quantitative estimate of drug-likeness (QED) is 0.893. The molecule has 1 aromatic heterocycles. The highest BCUT2D eigenvalue weighted by atomic mass is 32.2. The van der Waals surface area contributed by atoms with Crippen LogP contribution in [0.5, 0.6) is 0 Å². The van der Waals surface area contributed by atoms with Crippen LogP contribution >= 0.6 is 0 Å². The molecule has 0 saturated carbocycles. The Bertz CT molecular complexity index is 705. The first-order chi connectivity index (χ1) is 9.88. The normalized spacial score (nSPS) is 13.1. The number of aryl methyl sites for hydroxylation is 2. The number of anilines is 1. The largest absolute Gasteiger partial charge is 0.382 e. The summed E-state index contributed by atoms with van der Waals surface area (Å²) in [5.41, 5.74) is 1.96. The first-order valence-corrected chi connectivity index (χ1v) is 8.93. The molecule has 0 spiro atoms. The second-order valence-corrected chi connectivity index (χ2v) is 7.45. The van der Waals surface area contributed by atoms with Crippen molar-refractivity contribution in [1.82, 2.24) is 4.57 Å². The Labute approximate surface area is 126 Å². The molecule has 0 radical (unpaired) electrons. The van der Waals surface area contributed by atoms with Gasteiger partial charge in [-0.25, -0.2) is 8.42 Å². The van der Waals surface area contributed by atoms with Crippen LogP contribution in [-0.4, -0.2) is 25.3 Å². The van der Waals surface area contributed by atoms with Gasteiger partial charge in [-0.05, 0) is 44.0 Å². The molecule has 0 saturated heterocycles. The molecule has 2 aromatic rings. The van der Waals surface area contributed by atoms with Crippen LogP contribution in [0.4, 0.5) is 5.69 Å². The molecule has 1 heterocycles. The summed E-state index contributed by atoms with van der Waals surface area (Å²) >= 11 is 0. The van der Waals surface area contributed by atoms with E-state index in [2.05, 4.69) is 22.9 Å². The molecule has 0 aliphatic carbocycles. The predicted octanol–water partition coefficient (Wildman–Crippen LogP) is 2.86. The number of para-hydroxylation sites is 1. The highest BCUT2D eigenvalue weighted by Crippen LogP contribution is 2.22. The van der Waals surface area contributed by atoms with Crippen molar-refractivity contribution in [2.75, 3.05) is 11.6 Å². The lowest BCUT2D eigenvalue weighted by Gasteiger charge is -2.17. The monoisotopic (exact) mass is 306 g/mol. The van der Waals surface area contributed by atoms with Gasteiger partial charge in [0.15, 0.2) is 9.84 Å². The van der Waals surface area contributed by atoms with Crippen LogP contribution in [0, 0.1) is 0 Å². The van der Waals surface area contributed by atoms with Crippen LogP contribution in [0.25, 0.3) is 0 Å². The van der Waals surface area contributed by atoms with Crippen molar-refractivity contribution in [1.29, 1.82) is 0 Å². The van der Waals surface area contributed by atoms with Crippen molar-refractivity contribution in [3.63, 3.8) is 0 Å². The molecule has 2 rings (SSSR count). The summed E-state index contributed by atoms with van der Waals surface area (Å²) in [6.45, 7) is 2.07. The zero-order valence-electron chi connectivity index (χ0n) is 12.7. The van der Waals surface area contributed by atoms with Gasteiger partial charge in [0.05, 0.1) is 10.6 Å². The second kappa shape index (κ2) is 6.35. The van der Waals surface area contributed by atoms with Gasteiger partial charge < -0.3 is 9.88 Å². The minimum absolute atomic E-state index is 0.197. The number of nitrogens with zero attached hydrogens (tertiary/aromatic N) is 1. The van der Waals surface area contributed by atoms with Crippen LogP contribution in [0.15, 0.2) is 47.5 Å². The minimum atomic E-state index is -3.21. The van der Waals surface area contributed by atoms with E-state index in [-0.39, 0.29) is 6.04 Å². The molecule has 0 unspecified atom stereocenters. The van der Waals surface area contributed by atoms with Gasteiger partial charge in [0.1, 0.15) is 0 Å². The Hall–Kier alpha value is -1.75. The molecule has 1 N–H and O–H groups in total. The van der Waals surface area contributed by atoms with E-state index in [1.54, 1.807) is 12.1 Å². The number of sulfone groups is 1. The van der Waals surface area contributed by atoms with Gasteiger partial charge >= 0.3 is 0 Å². The van der Waals surface area contributed by atoms with E-state index in [0.717, 1.165) is 12.8 Å². The molecule has 5 heteroatoms. The Morgan fingerprint density at radius 2 is 1.90 bits per heavy atom. The highest BCUT2D eigenvalue weighted by molar-refractivity contribution is 7.90. The molecule has 0 amide bonds. The fourth-order valence-electron chi connectivity index (χ4n) is 2.37. The fourth-order valence-corrected chi connectivity index (χ4v) is 3.22. The maximum absolute atomic E-state index is 11.8. The van der Waals surface area contributed by atoms with E-state index in [0.29, 0.717) is 10.6 Å². The van der Waals surface area contributed by atoms with Gasteiger partial charge in [-0.15, -0.1) is 0 Å². The first-order valence-electron chi connectivity index (χ1n) is 7.04. The Morgan fingerprint density at radius 1 is 1.19 bits per heavy atom. The molecule has 0 bridgehead atoms. The zero-order chi connectivity index (χ0) is 15.5. The van der Waals surface area contributed by atoms with E-state index in [1.807, 2.05) is 31.4 Å². The summed E-state index contributed by atoms with van der Waals surface area (Å²) in [7, 11) is -1.18. The van der Waals surface area contributed by atoms with Crippen LogP contribution in [0.3, 0.4) is 0 Å². The van der Waals surface area contributed by atoms with Crippen LogP contribution in [0.2, 0.25) is 0 Å². The number of rotatable bonds is 6. The van der Waals surface area contributed by atoms with Crippen molar-refractivity contribution in [2.45, 2.75) is 30.7 Å². The third-order valence-corrected chi connectivity index (χ3v) is 4.73. The molecule has 4 nitrogen and oxygen atoms in total. The van der Waals surface area contributed by atoms with Gasteiger partial charge in [0, 0.05) is 31.2 Å². The van der Waals surface area contributed by atoms with Crippen molar-refractivity contribution >= 4 is 15.5 Å². The van der Waals surface area contributed by atoms with Gasteiger partial charge in [-0.1, -0.05) is 12.1 Å². The lowest BCUT2D eigenvalue weighted by atomic mass is 10.1. The van der Waals surface area contributed by atoms with Crippen molar-refractivity contribution in [3.8, 4) is 0 Å². The number of aromatic nitrogens is 1. The summed E-state index contributed by atoms with van der Waals surface area (Å²) in [5, 5.41) is 3.31. The van der Waals surface area contributed by atoms with Crippen molar-refractivity contribution < 1.29 is 8.42 Å². The van der Waals surface area contributed by atoms with E-state index >= 15 is 0 Å². The third-order valence-electron chi connectivity index (χ3n) is 3.57. The molecule has 114 valence electrons. The smallest absolute Gasteiger partial charge is 0.177 e. The zero-order valence-corrected chi connectivity index (χ0v) is 13.5. The number of hydrogen-bond donors (Lipinski definition) is 1. The Morgan fingerprint density at radius 3 is 2.52 bits per heavy atom. The summed E-state index contributed by atoms with van der Waals surface area (Å²) in [6, 6.07) is 11.4. The summed E-state index contributed by atoms with van der Waals surface area (Å²) in [5.74, 6) is 0. The standard InChI is InChI=1S/C16H22N2O2S/c1-13(10-11-14-7-6-12-18(14)2)17-15-8-4-5-9-16(15)21(3,19)20/h4-9,12-13,17H,10-11H2,1-3H3/t13-/m0/s1. The van der Waals surface area contributed by atoms with E-state index in [4.69, 9.17) is 0 Å². The summed E-state index contributed by atoms with van der Waals surface area (Å²) < 4.78 is 25.7. The van der Waals surface area contributed by atoms with Gasteiger partial charge in [-0.2, -0.15) is 0 Å². The van der Waals surface area contributed by atoms with Gasteiger partial charge in [0.25, 0.3) is 0 Å². The molecule has 1 aromatic carbocycles. The molecule has 0 fully saturated rings. The lowest BCUT2D eigenvalue weighted by molar-refractivity contribution is 0.601. The van der Waals surface area contributed by atoms with E-state index in [9.17, 15) is 8.42 Å². The second-order valence-electron chi connectivity index (χ2n) is 5.46. The maximum atomic E-state index is 11.8. The third kappa shape index (κ3) is 4.11. The molecule has 0 aliphatic heterocycles. The maximum Gasteiger partial charge on any atom is 0.177 e. The molecule has 0 aliphatic rings. The van der Waals surface area contributed by atoms with E-state index in [1.165, 1.54) is 11.9 Å². The highest BCUT2D eigenvalue weighted by Gasteiger charge is 2.14. The minimum Gasteiger partial charge on any atom is -0.382 e. The van der Waals surface area contributed by atoms with Crippen LogP contribution < -0.4 is 5.32 Å². The molecular formula is C16H22N2O2S. The van der Waals surface area contributed by atoms with Crippen LogP contribution in [-0.2, 0) is 23.3 Å². The Kier molecular flexibility index (Phi) is 4.73. The van der Waals surface area contributed by atoms with E-state index < -0.39 is 9.84 Å². The first kappa shape index (κ1) is 15.6. The summed E-state index contributed by atoms with van der Waals surface area (Å²) in [4.78, 5) is 0.357. The van der Waals surface area contributed by atoms with Crippen molar-refractivity contribution in [2.24, 2.45) is 7.05 Å².